The van der Waals surface area contributed by atoms with Crippen molar-refractivity contribution in [2.45, 2.75) is 12.8 Å². The van der Waals surface area contributed by atoms with Gasteiger partial charge < -0.3 is 9.69 Å². The number of carbonyl (C=O) groups is 1. The molecule has 5 heteroatoms. The predicted molar refractivity (Wildman–Crippen MR) is 69.8 cm³/mol. The first-order chi connectivity index (χ1) is 8.67. The van der Waals surface area contributed by atoms with Gasteiger partial charge in [-0.25, -0.2) is 4.39 Å². The van der Waals surface area contributed by atoms with Crippen LogP contribution in [0.25, 0.3) is 0 Å². The summed E-state index contributed by atoms with van der Waals surface area (Å²) in [5.74, 6) is -0.315. The largest absolute Gasteiger partial charge is 0.369 e. The molecule has 94 valence electrons. The first-order valence-electron chi connectivity index (χ1n) is 5.75. The van der Waals surface area contributed by atoms with E-state index in [1.165, 1.54) is 0 Å². The summed E-state index contributed by atoms with van der Waals surface area (Å²) in [5.41, 5.74) is 0.782. The molecule has 0 aromatic heterocycles. The van der Waals surface area contributed by atoms with Crippen LogP contribution in [-0.2, 0) is 4.79 Å². The maximum Gasteiger partial charge on any atom is 0.161 e. The summed E-state index contributed by atoms with van der Waals surface area (Å²) in [5, 5.41) is 8.81. The third-order valence-corrected chi connectivity index (χ3v) is 4.03. The lowest BCUT2D eigenvalue weighted by Crippen LogP contribution is -2.34. The third kappa shape index (κ3) is 2.39. The van der Waals surface area contributed by atoms with Crippen molar-refractivity contribution in [2.75, 3.05) is 18.0 Å². The third-order valence-electron chi connectivity index (χ3n) is 3.26. The van der Waals surface area contributed by atoms with Crippen LogP contribution in [0.3, 0.4) is 0 Å². The molecule has 0 saturated carbocycles. The minimum atomic E-state index is -0.404. The minimum Gasteiger partial charge on any atom is -0.369 e. The number of nitrogens with zero attached hydrogens (tertiary/aromatic N) is 2. The van der Waals surface area contributed by atoms with E-state index >= 15 is 0 Å². The number of halogens is 2. The molecule has 2 rings (SSSR count). The molecule has 1 saturated heterocycles. The molecular formula is C13H12BrFN2O. The lowest BCUT2D eigenvalue weighted by molar-refractivity contribution is -0.111. The van der Waals surface area contributed by atoms with Crippen molar-refractivity contribution in [3.63, 3.8) is 0 Å². The highest BCUT2D eigenvalue weighted by Crippen LogP contribution is 2.31. The van der Waals surface area contributed by atoms with E-state index in [4.69, 9.17) is 5.26 Å². The molecular weight excluding hydrogens is 299 g/mol. The highest BCUT2D eigenvalue weighted by Gasteiger charge is 2.22. The lowest BCUT2D eigenvalue weighted by atomic mass is 9.98. The Kier molecular flexibility index (Phi) is 3.97. The standard InChI is InChI=1S/C13H12BrFN2O/c14-12-10(7-16)1-2-11(13(12)15)17-5-3-9(8-18)4-6-17/h1-2,8-9H,3-6H2. The van der Waals surface area contributed by atoms with Crippen LogP contribution >= 0.6 is 15.9 Å². The summed E-state index contributed by atoms with van der Waals surface area (Å²) in [7, 11) is 0. The van der Waals surface area contributed by atoms with E-state index in [-0.39, 0.29) is 10.4 Å². The van der Waals surface area contributed by atoms with Crippen LogP contribution in [0.15, 0.2) is 16.6 Å². The number of nitriles is 1. The molecule has 0 spiro atoms. The maximum atomic E-state index is 14.1. The smallest absolute Gasteiger partial charge is 0.161 e. The number of hydrogen-bond donors (Lipinski definition) is 0. The molecule has 0 aliphatic carbocycles. The van der Waals surface area contributed by atoms with Crippen LogP contribution in [0.1, 0.15) is 18.4 Å². The van der Waals surface area contributed by atoms with Gasteiger partial charge in [-0.2, -0.15) is 5.26 Å². The van der Waals surface area contributed by atoms with Crippen LogP contribution in [-0.4, -0.2) is 19.4 Å². The molecule has 0 N–H and O–H groups in total. The lowest BCUT2D eigenvalue weighted by Gasteiger charge is -2.32. The molecule has 0 radical (unpaired) electrons. The zero-order chi connectivity index (χ0) is 13.1. The van der Waals surface area contributed by atoms with Gasteiger partial charge in [0.2, 0.25) is 0 Å². The number of rotatable bonds is 2. The number of carbonyl (C=O) groups excluding carboxylic acids is 1. The Morgan fingerprint density at radius 1 is 1.44 bits per heavy atom. The fourth-order valence-electron chi connectivity index (χ4n) is 2.15. The Balaban J connectivity index is 2.23. The fraction of sp³-hybridized carbons (Fsp3) is 0.385. The summed E-state index contributed by atoms with van der Waals surface area (Å²) >= 11 is 3.10. The number of hydrogen-bond acceptors (Lipinski definition) is 3. The van der Waals surface area contributed by atoms with E-state index in [0.29, 0.717) is 24.3 Å². The van der Waals surface area contributed by atoms with Crippen LogP contribution in [0.2, 0.25) is 0 Å². The molecule has 0 atom stereocenters. The Bertz CT molecular complexity index is 504. The van der Waals surface area contributed by atoms with Crippen molar-refractivity contribution in [3.05, 3.63) is 28.0 Å². The number of piperidine rings is 1. The molecule has 0 amide bonds. The summed E-state index contributed by atoms with van der Waals surface area (Å²) in [4.78, 5) is 12.6. The van der Waals surface area contributed by atoms with Gasteiger partial charge in [-0.3, -0.25) is 0 Å². The van der Waals surface area contributed by atoms with Gasteiger partial charge in [-0.15, -0.1) is 0 Å². The molecule has 1 aliphatic rings. The van der Waals surface area contributed by atoms with E-state index < -0.39 is 5.82 Å². The zero-order valence-electron chi connectivity index (χ0n) is 9.70. The van der Waals surface area contributed by atoms with Crippen LogP contribution in [0, 0.1) is 23.1 Å². The monoisotopic (exact) mass is 310 g/mol. The molecule has 1 fully saturated rings. The predicted octanol–water partition coefficient (Wildman–Crippen LogP) is 2.88. The average molecular weight is 311 g/mol. The van der Waals surface area contributed by atoms with Crippen molar-refractivity contribution in [2.24, 2.45) is 5.92 Å². The van der Waals surface area contributed by atoms with Gasteiger partial charge in [0.05, 0.1) is 15.7 Å². The van der Waals surface area contributed by atoms with E-state index in [9.17, 15) is 9.18 Å². The average Bonchev–Trinajstić information content (AvgIpc) is 2.42. The van der Waals surface area contributed by atoms with Gasteiger partial charge in [0.25, 0.3) is 0 Å². The molecule has 1 aliphatic heterocycles. The van der Waals surface area contributed by atoms with Crippen molar-refractivity contribution in [1.29, 1.82) is 5.26 Å². The quantitative estimate of drug-likeness (QED) is 0.789. The highest BCUT2D eigenvalue weighted by molar-refractivity contribution is 9.10. The highest BCUT2D eigenvalue weighted by atomic mass is 79.9. The summed E-state index contributed by atoms with van der Waals surface area (Å²) < 4.78 is 14.3. The van der Waals surface area contributed by atoms with E-state index in [2.05, 4.69) is 15.9 Å². The number of aldehydes is 1. The van der Waals surface area contributed by atoms with Gasteiger partial charge in [0.15, 0.2) is 5.82 Å². The van der Waals surface area contributed by atoms with Gasteiger partial charge in [-0.1, -0.05) is 0 Å². The zero-order valence-corrected chi connectivity index (χ0v) is 11.3. The van der Waals surface area contributed by atoms with Crippen LogP contribution < -0.4 is 4.90 Å². The second kappa shape index (κ2) is 5.49. The molecule has 1 aromatic rings. The van der Waals surface area contributed by atoms with Gasteiger partial charge in [0.1, 0.15) is 12.4 Å². The van der Waals surface area contributed by atoms with E-state index in [1.807, 2.05) is 11.0 Å². The Hall–Kier alpha value is -1.41. The maximum absolute atomic E-state index is 14.1. The first kappa shape index (κ1) is 13.0. The molecule has 1 aromatic carbocycles. The second-order valence-corrected chi connectivity index (χ2v) is 5.13. The van der Waals surface area contributed by atoms with Crippen molar-refractivity contribution >= 4 is 27.9 Å². The second-order valence-electron chi connectivity index (χ2n) is 4.33. The molecule has 1 heterocycles. The molecule has 0 bridgehead atoms. The topological polar surface area (TPSA) is 44.1 Å². The Morgan fingerprint density at radius 3 is 2.67 bits per heavy atom. The van der Waals surface area contributed by atoms with Crippen LogP contribution in [0.4, 0.5) is 10.1 Å². The minimum absolute atomic E-state index is 0.0890. The van der Waals surface area contributed by atoms with Crippen molar-refractivity contribution < 1.29 is 9.18 Å². The SMILES string of the molecule is N#Cc1ccc(N2CCC(C=O)CC2)c(F)c1Br. The molecule has 18 heavy (non-hydrogen) atoms. The van der Waals surface area contributed by atoms with Crippen molar-refractivity contribution in [3.8, 4) is 6.07 Å². The van der Waals surface area contributed by atoms with Crippen LogP contribution in [0.5, 0.6) is 0 Å². The van der Waals surface area contributed by atoms with E-state index in [1.54, 1.807) is 12.1 Å². The molecule has 3 nitrogen and oxygen atoms in total. The Labute approximate surface area is 113 Å². The Morgan fingerprint density at radius 2 is 2.11 bits per heavy atom. The van der Waals surface area contributed by atoms with E-state index in [0.717, 1.165) is 19.1 Å². The normalized spacial score (nSPS) is 16.4. The summed E-state index contributed by atoms with van der Waals surface area (Å²) in [6.07, 6.45) is 2.48. The van der Waals surface area contributed by atoms with Gasteiger partial charge in [-0.05, 0) is 40.9 Å². The fourth-order valence-corrected chi connectivity index (χ4v) is 2.57. The number of benzene rings is 1. The molecule has 0 unspecified atom stereocenters. The summed E-state index contributed by atoms with van der Waals surface area (Å²) in [6, 6.07) is 5.16. The van der Waals surface area contributed by atoms with Gasteiger partial charge in [0, 0.05) is 19.0 Å². The van der Waals surface area contributed by atoms with Gasteiger partial charge >= 0.3 is 0 Å². The van der Waals surface area contributed by atoms with Crippen molar-refractivity contribution in [1.82, 2.24) is 0 Å². The summed E-state index contributed by atoms with van der Waals surface area (Å²) in [6.45, 7) is 1.33. The first-order valence-corrected chi connectivity index (χ1v) is 6.55. The number of anilines is 1.